The van der Waals surface area contributed by atoms with Crippen molar-refractivity contribution in [3.8, 4) is 22.8 Å². The molecule has 9 nitrogen and oxygen atoms in total. The highest BCUT2D eigenvalue weighted by atomic mass is 32.1. The normalized spacial score (nSPS) is 14.8. The number of carbonyl (C=O) groups excluding carboxylic acids is 1. The van der Waals surface area contributed by atoms with Crippen molar-refractivity contribution in [2.45, 2.75) is 6.23 Å². The van der Waals surface area contributed by atoms with Crippen LogP contribution in [-0.2, 0) is 4.74 Å². The lowest BCUT2D eigenvalue weighted by Gasteiger charge is -2.13. The highest BCUT2D eigenvalue weighted by Gasteiger charge is 2.36. The Balaban J connectivity index is 1.58. The number of nitrogens with one attached hydrogen (secondary N) is 1. The molecular formula is C19H15N3O6S. The van der Waals surface area contributed by atoms with Gasteiger partial charge in [0.05, 0.1) is 24.8 Å². The second-order valence-corrected chi connectivity index (χ2v) is 6.89. The Bertz CT molecular complexity index is 1100. The van der Waals surface area contributed by atoms with Crippen LogP contribution in [0.5, 0.6) is 11.5 Å². The van der Waals surface area contributed by atoms with Crippen LogP contribution in [0.4, 0.5) is 10.8 Å². The largest absolute Gasteiger partial charge is 0.493 e. The van der Waals surface area contributed by atoms with E-state index in [9.17, 15) is 14.9 Å². The van der Waals surface area contributed by atoms with E-state index in [-0.39, 0.29) is 5.69 Å². The molecule has 3 aromatic rings. The van der Waals surface area contributed by atoms with Crippen molar-refractivity contribution < 1.29 is 23.9 Å². The molecule has 1 aliphatic rings. The van der Waals surface area contributed by atoms with Crippen molar-refractivity contribution in [2.24, 2.45) is 0 Å². The van der Waals surface area contributed by atoms with Gasteiger partial charge in [0.15, 0.2) is 16.6 Å². The van der Waals surface area contributed by atoms with Gasteiger partial charge >= 0.3 is 5.97 Å². The number of thiazole rings is 1. The molecule has 4 rings (SSSR count). The molecule has 148 valence electrons. The van der Waals surface area contributed by atoms with Gasteiger partial charge in [0, 0.05) is 28.6 Å². The van der Waals surface area contributed by atoms with Crippen LogP contribution in [0, 0.1) is 10.1 Å². The number of esters is 1. The fourth-order valence-corrected chi connectivity index (χ4v) is 3.78. The number of nitro groups is 1. The molecule has 0 spiro atoms. The zero-order chi connectivity index (χ0) is 20.5. The van der Waals surface area contributed by atoms with E-state index in [4.69, 9.17) is 14.2 Å². The summed E-state index contributed by atoms with van der Waals surface area (Å²) in [5.74, 6) is 0.254. The van der Waals surface area contributed by atoms with Crippen LogP contribution in [0.2, 0.25) is 0 Å². The number of ether oxygens (including phenoxy) is 3. The first-order chi connectivity index (χ1) is 14.0. The molecule has 1 aromatic heterocycles. The predicted molar refractivity (Wildman–Crippen MR) is 106 cm³/mol. The Labute approximate surface area is 169 Å². The van der Waals surface area contributed by atoms with E-state index in [0.29, 0.717) is 33.5 Å². The van der Waals surface area contributed by atoms with Crippen molar-refractivity contribution in [1.29, 1.82) is 0 Å². The van der Waals surface area contributed by atoms with E-state index in [1.165, 1.54) is 37.7 Å². The minimum absolute atomic E-state index is 0.0150. The van der Waals surface area contributed by atoms with E-state index in [0.717, 1.165) is 5.56 Å². The molecule has 10 heteroatoms. The first-order valence-corrected chi connectivity index (χ1v) is 9.32. The van der Waals surface area contributed by atoms with Crippen molar-refractivity contribution in [3.63, 3.8) is 0 Å². The molecule has 29 heavy (non-hydrogen) atoms. The molecule has 0 fully saturated rings. The smallest absolute Gasteiger partial charge is 0.344 e. The zero-order valence-corrected chi connectivity index (χ0v) is 16.2. The standard InChI is InChI=1S/C19H15N3O6S/c1-26-14-8-7-12-15(16(14)27-2)18(23)28-17(12)21-19-20-13(9-29-19)10-3-5-11(6-4-10)22(24)25/h3-9,17H,1-2H3,(H,20,21)/t17-/m0/s1. The second-order valence-electron chi connectivity index (χ2n) is 6.04. The summed E-state index contributed by atoms with van der Waals surface area (Å²) in [4.78, 5) is 27.2. The fraction of sp³-hybridized carbons (Fsp3) is 0.158. The molecule has 1 aliphatic heterocycles. The first kappa shape index (κ1) is 18.7. The van der Waals surface area contributed by atoms with Crippen molar-refractivity contribution in [3.05, 3.63) is 63.0 Å². The number of benzene rings is 2. The molecule has 1 atom stereocenters. The lowest BCUT2D eigenvalue weighted by Crippen LogP contribution is -2.10. The van der Waals surface area contributed by atoms with Gasteiger partial charge in [-0.1, -0.05) is 0 Å². The number of anilines is 1. The van der Waals surface area contributed by atoms with Crippen LogP contribution < -0.4 is 14.8 Å². The molecule has 1 N–H and O–H groups in total. The van der Waals surface area contributed by atoms with Crippen LogP contribution in [-0.4, -0.2) is 30.1 Å². The number of rotatable bonds is 6. The number of non-ortho nitro benzene ring substituents is 1. The number of hydrogen-bond acceptors (Lipinski definition) is 9. The molecule has 2 aromatic carbocycles. The number of fused-ring (bicyclic) bond motifs is 1. The van der Waals surface area contributed by atoms with Gasteiger partial charge in [-0.3, -0.25) is 10.1 Å². The highest BCUT2D eigenvalue weighted by Crippen LogP contribution is 2.42. The van der Waals surface area contributed by atoms with E-state index in [2.05, 4.69) is 10.3 Å². The maximum atomic E-state index is 12.4. The topological polar surface area (TPSA) is 113 Å². The first-order valence-electron chi connectivity index (χ1n) is 8.44. The van der Waals surface area contributed by atoms with E-state index < -0.39 is 17.1 Å². The summed E-state index contributed by atoms with van der Waals surface area (Å²) < 4.78 is 16.0. The lowest BCUT2D eigenvalue weighted by atomic mass is 10.1. The summed E-state index contributed by atoms with van der Waals surface area (Å²) in [6.07, 6.45) is -0.715. The summed E-state index contributed by atoms with van der Waals surface area (Å²) in [7, 11) is 2.96. The number of aromatic nitrogens is 1. The molecular weight excluding hydrogens is 398 g/mol. The van der Waals surface area contributed by atoms with Crippen LogP contribution in [0.1, 0.15) is 22.1 Å². The number of hydrogen-bond donors (Lipinski definition) is 1. The van der Waals surface area contributed by atoms with Gasteiger partial charge in [0.25, 0.3) is 5.69 Å². The molecule has 0 aliphatic carbocycles. The Kier molecular flexibility index (Phi) is 4.77. The predicted octanol–water partition coefficient (Wildman–Crippen LogP) is 4.02. The number of methoxy groups -OCH3 is 2. The van der Waals surface area contributed by atoms with Gasteiger partial charge < -0.3 is 19.5 Å². The Morgan fingerprint density at radius 2 is 1.93 bits per heavy atom. The van der Waals surface area contributed by atoms with Gasteiger partial charge in [0.1, 0.15) is 5.56 Å². The maximum Gasteiger partial charge on any atom is 0.344 e. The fourth-order valence-electron chi connectivity index (χ4n) is 3.05. The summed E-state index contributed by atoms with van der Waals surface area (Å²) in [5.41, 5.74) is 2.36. The lowest BCUT2D eigenvalue weighted by molar-refractivity contribution is -0.384. The minimum Gasteiger partial charge on any atom is -0.493 e. The van der Waals surface area contributed by atoms with Crippen molar-refractivity contribution >= 4 is 28.1 Å². The van der Waals surface area contributed by atoms with Crippen LogP contribution in [0.3, 0.4) is 0 Å². The quantitative estimate of drug-likeness (QED) is 0.366. The number of cyclic esters (lactones) is 1. The summed E-state index contributed by atoms with van der Waals surface area (Å²) in [6, 6.07) is 9.58. The molecule has 0 radical (unpaired) electrons. The van der Waals surface area contributed by atoms with Gasteiger partial charge in [-0.25, -0.2) is 9.78 Å². The van der Waals surface area contributed by atoms with E-state index in [1.54, 1.807) is 24.3 Å². The third kappa shape index (κ3) is 3.34. The summed E-state index contributed by atoms with van der Waals surface area (Å²) in [6.45, 7) is 0. The maximum absolute atomic E-state index is 12.4. The number of carbonyl (C=O) groups is 1. The van der Waals surface area contributed by atoms with Crippen molar-refractivity contribution in [2.75, 3.05) is 19.5 Å². The van der Waals surface area contributed by atoms with Crippen LogP contribution >= 0.6 is 11.3 Å². The van der Waals surface area contributed by atoms with Crippen molar-refractivity contribution in [1.82, 2.24) is 4.98 Å². The Morgan fingerprint density at radius 3 is 2.59 bits per heavy atom. The average molecular weight is 413 g/mol. The van der Waals surface area contributed by atoms with Gasteiger partial charge in [-0.15, -0.1) is 11.3 Å². The van der Waals surface area contributed by atoms with E-state index in [1.807, 2.05) is 5.38 Å². The average Bonchev–Trinajstić information content (AvgIpc) is 3.32. The minimum atomic E-state index is -0.715. The van der Waals surface area contributed by atoms with E-state index >= 15 is 0 Å². The number of nitro benzene ring substituents is 1. The van der Waals surface area contributed by atoms with Gasteiger partial charge in [-0.2, -0.15) is 0 Å². The number of nitrogens with zero attached hydrogens (tertiary/aromatic N) is 2. The molecule has 0 saturated carbocycles. The van der Waals surface area contributed by atoms with Gasteiger partial charge in [-0.05, 0) is 24.3 Å². The monoisotopic (exact) mass is 413 g/mol. The Morgan fingerprint density at radius 1 is 1.17 bits per heavy atom. The van der Waals surface area contributed by atoms with Crippen LogP contribution in [0.25, 0.3) is 11.3 Å². The zero-order valence-electron chi connectivity index (χ0n) is 15.4. The third-order valence-electron chi connectivity index (χ3n) is 4.42. The molecule has 2 heterocycles. The third-order valence-corrected chi connectivity index (χ3v) is 5.20. The SMILES string of the molecule is COc1ccc2c(c1OC)C(=O)O[C@@H]2Nc1nc(-c2ccc([N+](=O)[O-])cc2)cs1. The molecule has 0 bridgehead atoms. The summed E-state index contributed by atoms with van der Waals surface area (Å²) in [5, 5.41) is 16.2. The molecule has 0 amide bonds. The second kappa shape index (κ2) is 7.40. The summed E-state index contributed by atoms with van der Waals surface area (Å²) >= 11 is 1.33. The molecule has 0 unspecified atom stereocenters. The Hall–Kier alpha value is -3.66. The van der Waals surface area contributed by atoms with Gasteiger partial charge in [0.2, 0.25) is 6.23 Å². The van der Waals surface area contributed by atoms with Crippen LogP contribution in [0.15, 0.2) is 41.8 Å². The highest BCUT2D eigenvalue weighted by molar-refractivity contribution is 7.14. The molecule has 0 saturated heterocycles.